The van der Waals surface area contributed by atoms with Crippen LogP contribution in [0.4, 0.5) is 14.5 Å². The molecule has 0 bridgehead atoms. The number of piperidine rings is 2. The van der Waals surface area contributed by atoms with Crippen molar-refractivity contribution in [1.82, 2.24) is 39.8 Å². The van der Waals surface area contributed by atoms with Gasteiger partial charge in [0.2, 0.25) is 17.7 Å². The number of imide groups is 2. The number of nitrogens with one attached hydrogen (secondary N) is 2. The number of carbonyl (C=O) groups excluding carboxylic acids is 5. The second-order valence-corrected chi connectivity index (χ2v) is 16.7. The van der Waals surface area contributed by atoms with Gasteiger partial charge in [-0.3, -0.25) is 48.8 Å². The third-order valence-electron chi connectivity index (χ3n) is 12.4. The molecule has 344 valence electrons. The van der Waals surface area contributed by atoms with Crippen LogP contribution < -0.4 is 10.6 Å². The molecule has 4 aliphatic heterocycles. The van der Waals surface area contributed by atoms with Gasteiger partial charge in [-0.1, -0.05) is 12.1 Å². The number of hydrogen-bond donors (Lipinski definition) is 2. The Labute approximate surface area is 378 Å². The number of halogens is 2. The van der Waals surface area contributed by atoms with Crippen LogP contribution in [0.1, 0.15) is 64.4 Å². The predicted molar refractivity (Wildman–Crippen MR) is 235 cm³/mol. The normalized spacial score (nSPS) is 18.3. The molecule has 5 amide bonds. The summed E-state index contributed by atoms with van der Waals surface area (Å²) in [7, 11) is 0. The van der Waals surface area contributed by atoms with Gasteiger partial charge in [0, 0.05) is 74.3 Å². The lowest BCUT2D eigenvalue weighted by Gasteiger charge is -2.32. The van der Waals surface area contributed by atoms with Crippen LogP contribution in [0.5, 0.6) is 0 Å². The zero-order valence-electron chi connectivity index (χ0n) is 36.2. The fourth-order valence-electron chi connectivity index (χ4n) is 8.84. The molecule has 0 aliphatic carbocycles. The van der Waals surface area contributed by atoms with Gasteiger partial charge >= 0.3 is 0 Å². The minimum absolute atomic E-state index is 0.0169. The lowest BCUT2D eigenvalue weighted by Crippen LogP contribution is -2.54. The Bertz CT molecular complexity index is 2640. The third-order valence-corrected chi connectivity index (χ3v) is 12.4. The first-order valence-corrected chi connectivity index (χ1v) is 22.2. The predicted octanol–water partition coefficient (Wildman–Crippen LogP) is 4.37. The molecule has 4 aliphatic rings. The van der Waals surface area contributed by atoms with E-state index >= 15 is 8.78 Å². The van der Waals surface area contributed by atoms with Crippen molar-refractivity contribution in [3.8, 4) is 22.4 Å². The second-order valence-electron chi connectivity index (χ2n) is 16.7. The minimum atomic E-state index is -1.02. The van der Waals surface area contributed by atoms with Crippen LogP contribution in [-0.2, 0) is 35.1 Å². The first-order chi connectivity index (χ1) is 32.1. The van der Waals surface area contributed by atoms with E-state index in [1.165, 1.54) is 12.1 Å². The molecule has 1 atom stereocenters. The van der Waals surface area contributed by atoms with Crippen LogP contribution in [0, 0.1) is 11.6 Å². The highest BCUT2D eigenvalue weighted by molar-refractivity contribution is 6.23. The monoisotopic (exact) mass is 905 g/mol. The van der Waals surface area contributed by atoms with Crippen LogP contribution in [0.15, 0.2) is 67.1 Å². The molecule has 1 unspecified atom stereocenters. The molecule has 0 spiro atoms. The number of rotatable bonds is 16. The number of ether oxygens (including phenoxy) is 3. The third kappa shape index (κ3) is 9.69. The van der Waals surface area contributed by atoms with Crippen molar-refractivity contribution >= 4 is 46.3 Å². The molecule has 0 radical (unpaired) electrons. The Morgan fingerprint density at radius 3 is 2.36 bits per heavy atom. The maximum atomic E-state index is 15.4. The number of aromatic nitrogens is 4. The first-order valence-electron chi connectivity index (χ1n) is 22.2. The summed E-state index contributed by atoms with van der Waals surface area (Å²) in [5, 5.41) is 9.99. The molecule has 66 heavy (non-hydrogen) atoms. The summed E-state index contributed by atoms with van der Waals surface area (Å²) in [4.78, 5) is 77.1. The summed E-state index contributed by atoms with van der Waals surface area (Å²) in [6.45, 7) is 5.31. The number of amides is 5. The largest absolute Gasteiger partial charge is 0.383 e. The number of carbonyl (C=O) groups is 5. The topological polar surface area (TPSA) is 190 Å². The number of fused-ring (bicyclic) bond motifs is 2. The Balaban J connectivity index is 0.690. The van der Waals surface area contributed by atoms with Crippen molar-refractivity contribution < 1.29 is 47.0 Å². The van der Waals surface area contributed by atoms with Crippen molar-refractivity contribution in [1.29, 1.82) is 0 Å². The van der Waals surface area contributed by atoms with E-state index in [-0.39, 0.29) is 61.1 Å². The molecule has 9 rings (SSSR count). The van der Waals surface area contributed by atoms with E-state index in [0.717, 1.165) is 23.3 Å². The van der Waals surface area contributed by atoms with Crippen molar-refractivity contribution in [2.75, 3.05) is 77.7 Å². The van der Waals surface area contributed by atoms with Gasteiger partial charge in [-0.05, 0) is 61.2 Å². The quantitative estimate of drug-likeness (QED) is 0.105. The summed E-state index contributed by atoms with van der Waals surface area (Å²) in [5.41, 5.74) is 4.46. The van der Waals surface area contributed by atoms with E-state index in [0.29, 0.717) is 99.3 Å². The molecule has 3 saturated heterocycles. The van der Waals surface area contributed by atoms with Gasteiger partial charge in [0.15, 0.2) is 0 Å². The van der Waals surface area contributed by atoms with Gasteiger partial charge < -0.3 is 24.4 Å². The smallest absolute Gasteiger partial charge is 0.262 e. The summed E-state index contributed by atoms with van der Waals surface area (Å²) < 4.78 is 49.4. The molecule has 5 aromatic rings. The van der Waals surface area contributed by atoms with Crippen molar-refractivity contribution in [3.05, 3.63) is 95.4 Å². The first kappa shape index (κ1) is 44.7. The number of likely N-dealkylation sites (tertiary alicyclic amines) is 1. The number of benzene rings is 3. The van der Waals surface area contributed by atoms with Crippen LogP contribution in [-0.4, -0.2) is 142 Å². The Morgan fingerprint density at radius 1 is 0.833 bits per heavy atom. The molecular formula is C47H49F2N9O8. The standard InChI is InChI=1S/C47H49F2N9O8/c48-37-22-29(23-38(49)36(37)28-55-14-18-66-19-15-55)33-2-1-3-39-44(33)53-40(26-51-39)30-25-52-57(27-30)32-8-12-56(13-9-32)43(60)10-16-64-20-21-65-17-11-50-31-4-5-34-35(24-31)47(63)58(46(34)62)41-6-7-42(59)54-45(41)61/h1-5,22-27,32,41,50H,6-21,28H2,(H,54,59,61). The zero-order chi connectivity index (χ0) is 45.7. The van der Waals surface area contributed by atoms with Crippen molar-refractivity contribution in [3.63, 3.8) is 0 Å². The molecule has 6 heterocycles. The molecule has 0 saturated carbocycles. The molecule has 17 nitrogen and oxygen atoms in total. The highest BCUT2D eigenvalue weighted by atomic mass is 19.1. The SMILES string of the molecule is O=C1CCC(N2C(=O)c3ccc(NCCOCCOCCC(=O)N4CCC(n5cc(-c6cnc7cccc(-c8cc(F)c(CN9CCOCC9)c(F)c8)c7n6)cn5)CC4)cc3C2=O)C(=O)N1. The Hall–Kier alpha value is -6.54. The fraction of sp³-hybridized carbons (Fsp3) is 0.404. The number of para-hydroxylation sites is 1. The fourth-order valence-corrected chi connectivity index (χ4v) is 8.84. The molecule has 3 aromatic carbocycles. The van der Waals surface area contributed by atoms with Crippen molar-refractivity contribution in [2.45, 2.75) is 50.7 Å². The summed E-state index contributed by atoms with van der Waals surface area (Å²) >= 11 is 0. The number of hydrogen-bond acceptors (Lipinski definition) is 13. The molecule has 2 aromatic heterocycles. The summed E-state index contributed by atoms with van der Waals surface area (Å²) in [5.74, 6) is -3.40. The van der Waals surface area contributed by atoms with E-state index in [4.69, 9.17) is 19.2 Å². The lowest BCUT2D eigenvalue weighted by atomic mass is 10.0. The molecule has 2 N–H and O–H groups in total. The van der Waals surface area contributed by atoms with E-state index in [1.807, 2.05) is 26.7 Å². The summed E-state index contributed by atoms with van der Waals surface area (Å²) in [6.07, 6.45) is 7.17. The van der Waals surface area contributed by atoms with Crippen LogP contribution in [0.25, 0.3) is 33.4 Å². The van der Waals surface area contributed by atoms with E-state index < -0.39 is 41.3 Å². The molecule has 19 heteroatoms. The number of nitrogens with zero attached hydrogens (tertiary/aromatic N) is 7. The maximum Gasteiger partial charge on any atom is 0.262 e. The number of morpholine rings is 1. The van der Waals surface area contributed by atoms with Crippen LogP contribution >= 0.6 is 0 Å². The highest BCUT2D eigenvalue weighted by Gasteiger charge is 2.44. The summed E-state index contributed by atoms with van der Waals surface area (Å²) in [6, 6.07) is 12.0. The van der Waals surface area contributed by atoms with E-state index in [1.54, 1.807) is 42.7 Å². The number of anilines is 1. The van der Waals surface area contributed by atoms with Crippen LogP contribution in [0.3, 0.4) is 0 Å². The van der Waals surface area contributed by atoms with Gasteiger partial charge in [-0.15, -0.1) is 0 Å². The average molecular weight is 906 g/mol. The lowest BCUT2D eigenvalue weighted by molar-refractivity contribution is -0.136. The molecule has 3 fully saturated rings. The van der Waals surface area contributed by atoms with E-state index in [2.05, 4.69) is 20.7 Å². The Morgan fingerprint density at radius 2 is 1.59 bits per heavy atom. The minimum Gasteiger partial charge on any atom is -0.383 e. The van der Waals surface area contributed by atoms with Gasteiger partial charge in [0.25, 0.3) is 11.8 Å². The van der Waals surface area contributed by atoms with E-state index in [9.17, 15) is 24.0 Å². The van der Waals surface area contributed by atoms with Crippen molar-refractivity contribution in [2.24, 2.45) is 0 Å². The highest BCUT2D eigenvalue weighted by Crippen LogP contribution is 2.33. The second kappa shape index (κ2) is 19.9. The molecular weight excluding hydrogens is 857 g/mol. The van der Waals surface area contributed by atoms with Crippen LogP contribution in [0.2, 0.25) is 0 Å². The maximum absolute atomic E-state index is 15.4. The van der Waals surface area contributed by atoms with Gasteiger partial charge in [0.05, 0.1) is 92.4 Å². The average Bonchev–Trinajstić information content (AvgIpc) is 3.92. The zero-order valence-corrected chi connectivity index (χ0v) is 36.2. The van der Waals surface area contributed by atoms with Gasteiger partial charge in [-0.25, -0.2) is 13.8 Å². The van der Waals surface area contributed by atoms with Gasteiger partial charge in [0.1, 0.15) is 17.7 Å². The Kier molecular flexibility index (Phi) is 13.5. The van der Waals surface area contributed by atoms with Gasteiger partial charge in [-0.2, -0.15) is 5.10 Å².